The summed E-state index contributed by atoms with van der Waals surface area (Å²) in [5.41, 5.74) is 4.52. The quantitative estimate of drug-likeness (QED) is 0.664. The van der Waals surface area contributed by atoms with Gasteiger partial charge in [0.1, 0.15) is 0 Å². The molecule has 4 heteroatoms. The topological polar surface area (TPSA) is 34.0 Å². The molecule has 1 fully saturated rings. The van der Waals surface area contributed by atoms with Crippen LogP contribution in [0.25, 0.3) is 11.1 Å². The zero-order chi connectivity index (χ0) is 17.4. The monoisotopic (exact) mass is 350 g/mol. The number of carbonyl (C=O) groups excluding carboxylic acids is 1. The molecule has 0 atom stereocenters. The van der Waals surface area contributed by atoms with Gasteiger partial charge in [-0.1, -0.05) is 48.0 Å². The van der Waals surface area contributed by atoms with Crippen molar-refractivity contribution < 1.29 is 4.79 Å². The molecule has 0 spiro atoms. The summed E-state index contributed by atoms with van der Waals surface area (Å²) in [5.74, 6) is 0.461. The Bertz CT molecular complexity index is 941. The highest BCUT2D eigenvalue weighted by atomic mass is 35.5. The number of benzene rings is 2. The van der Waals surface area contributed by atoms with E-state index in [9.17, 15) is 4.79 Å². The first-order valence-electron chi connectivity index (χ1n) is 8.44. The van der Waals surface area contributed by atoms with Gasteiger partial charge in [-0.25, -0.2) is 0 Å². The second-order valence-electron chi connectivity index (χ2n) is 6.55. The maximum atomic E-state index is 12.9. The summed E-state index contributed by atoms with van der Waals surface area (Å²) in [5, 5.41) is 3.75. The summed E-state index contributed by atoms with van der Waals surface area (Å²) < 4.78 is 1.96. The first-order valence-corrected chi connectivity index (χ1v) is 8.82. The Morgan fingerprint density at radius 1 is 1.04 bits per heavy atom. The summed E-state index contributed by atoms with van der Waals surface area (Å²) in [7, 11) is 1.96. The minimum absolute atomic E-state index is 0.0676. The van der Waals surface area contributed by atoms with Crippen molar-refractivity contribution in [1.82, 2.24) is 4.57 Å². The largest absolute Gasteiger partial charge is 0.356 e. The maximum absolute atomic E-state index is 12.9. The molecular formula is C21H19ClN2O. The van der Waals surface area contributed by atoms with E-state index >= 15 is 0 Å². The average molecular weight is 351 g/mol. The molecule has 0 saturated heterocycles. The van der Waals surface area contributed by atoms with Crippen LogP contribution < -0.4 is 5.32 Å². The Morgan fingerprint density at radius 2 is 1.72 bits per heavy atom. The lowest BCUT2D eigenvalue weighted by Gasteiger charge is -2.12. The summed E-state index contributed by atoms with van der Waals surface area (Å²) >= 11 is 6.35. The highest BCUT2D eigenvalue weighted by Crippen LogP contribution is 2.42. The lowest BCUT2D eigenvalue weighted by Crippen LogP contribution is -2.13. The fourth-order valence-electron chi connectivity index (χ4n) is 3.21. The van der Waals surface area contributed by atoms with E-state index in [4.69, 9.17) is 11.6 Å². The maximum Gasteiger partial charge on any atom is 0.257 e. The molecule has 3 aromatic rings. The Balaban J connectivity index is 1.68. The number of nitrogens with one attached hydrogen (secondary N) is 1. The number of rotatable bonds is 4. The Labute approximate surface area is 152 Å². The van der Waals surface area contributed by atoms with E-state index < -0.39 is 0 Å². The van der Waals surface area contributed by atoms with Gasteiger partial charge in [0.15, 0.2) is 0 Å². The number of amides is 1. The van der Waals surface area contributed by atoms with Gasteiger partial charge in [-0.05, 0) is 36.5 Å². The van der Waals surface area contributed by atoms with Gasteiger partial charge in [-0.15, -0.1) is 0 Å². The minimum Gasteiger partial charge on any atom is -0.356 e. The van der Waals surface area contributed by atoms with Crippen LogP contribution in [0.2, 0.25) is 5.02 Å². The lowest BCUT2D eigenvalue weighted by atomic mass is 10.0. The number of carbonyl (C=O) groups is 1. The van der Waals surface area contributed by atoms with Crippen LogP contribution in [0.15, 0.2) is 60.9 Å². The number of hydrogen-bond acceptors (Lipinski definition) is 1. The molecule has 2 aromatic carbocycles. The molecule has 1 saturated carbocycles. The predicted molar refractivity (Wildman–Crippen MR) is 102 cm³/mol. The minimum atomic E-state index is -0.0676. The molecule has 1 N–H and O–H groups in total. The molecule has 0 unspecified atom stereocenters. The zero-order valence-corrected chi connectivity index (χ0v) is 14.8. The summed E-state index contributed by atoms with van der Waals surface area (Å²) in [4.78, 5) is 12.9. The van der Waals surface area contributed by atoms with Crippen LogP contribution in [0.3, 0.4) is 0 Å². The molecule has 0 radical (unpaired) electrons. The first-order chi connectivity index (χ1) is 12.1. The average Bonchev–Trinajstić information content (AvgIpc) is 3.38. The third-order valence-corrected chi connectivity index (χ3v) is 4.92. The SMILES string of the molecule is Cn1cc(C(=O)Nc2ccccc2-c2ccccc2Cl)c(C2CC2)c1. The van der Waals surface area contributed by atoms with Crippen LogP contribution >= 0.6 is 11.6 Å². The molecule has 0 aliphatic heterocycles. The Kier molecular flexibility index (Phi) is 4.10. The Hall–Kier alpha value is -2.52. The molecule has 1 amide bonds. The van der Waals surface area contributed by atoms with Crippen molar-refractivity contribution in [2.24, 2.45) is 7.05 Å². The van der Waals surface area contributed by atoms with Crippen molar-refractivity contribution in [2.75, 3.05) is 5.32 Å². The molecule has 1 aliphatic carbocycles. The van der Waals surface area contributed by atoms with Crippen LogP contribution in [0.1, 0.15) is 34.7 Å². The van der Waals surface area contributed by atoms with Gasteiger partial charge in [0.05, 0.1) is 5.56 Å². The molecule has 0 bridgehead atoms. The number of anilines is 1. The van der Waals surface area contributed by atoms with Gasteiger partial charge in [0.2, 0.25) is 0 Å². The van der Waals surface area contributed by atoms with E-state index in [-0.39, 0.29) is 5.91 Å². The van der Waals surface area contributed by atoms with E-state index in [0.717, 1.165) is 27.9 Å². The first kappa shape index (κ1) is 16.0. The number of nitrogens with zero attached hydrogens (tertiary/aromatic N) is 1. The molecular weight excluding hydrogens is 332 g/mol. The molecule has 126 valence electrons. The highest BCUT2D eigenvalue weighted by molar-refractivity contribution is 6.33. The summed E-state index contributed by atoms with van der Waals surface area (Å²) in [6.45, 7) is 0. The van der Waals surface area contributed by atoms with Crippen LogP contribution in [0.4, 0.5) is 5.69 Å². The van der Waals surface area contributed by atoms with E-state index in [1.54, 1.807) is 0 Å². The van der Waals surface area contributed by atoms with Crippen LogP contribution in [0.5, 0.6) is 0 Å². The standard InChI is InChI=1S/C21H19ClN2O/c1-24-12-17(14-10-11-14)18(13-24)21(25)23-20-9-5-3-7-16(20)15-6-2-4-8-19(15)22/h2-9,12-14H,10-11H2,1H3,(H,23,25). The number of para-hydroxylation sites is 1. The van der Waals surface area contributed by atoms with Crippen molar-refractivity contribution in [3.05, 3.63) is 77.1 Å². The normalized spacial score (nSPS) is 13.7. The fourth-order valence-corrected chi connectivity index (χ4v) is 3.45. The van der Waals surface area contributed by atoms with Gasteiger partial charge < -0.3 is 9.88 Å². The van der Waals surface area contributed by atoms with E-state index in [1.807, 2.05) is 66.3 Å². The number of halogens is 1. The van der Waals surface area contributed by atoms with Crippen molar-refractivity contribution in [1.29, 1.82) is 0 Å². The van der Waals surface area contributed by atoms with Gasteiger partial charge in [-0.2, -0.15) is 0 Å². The summed E-state index contributed by atoms with van der Waals surface area (Å²) in [6, 6.07) is 15.4. The predicted octanol–water partition coefficient (Wildman–Crippen LogP) is 5.48. The number of hydrogen-bond donors (Lipinski definition) is 1. The highest BCUT2D eigenvalue weighted by Gasteiger charge is 2.29. The zero-order valence-electron chi connectivity index (χ0n) is 14.0. The van der Waals surface area contributed by atoms with Crippen molar-refractivity contribution in [2.45, 2.75) is 18.8 Å². The third-order valence-electron chi connectivity index (χ3n) is 4.59. The molecule has 3 nitrogen and oxygen atoms in total. The van der Waals surface area contributed by atoms with Crippen LogP contribution in [0, 0.1) is 0 Å². The lowest BCUT2D eigenvalue weighted by molar-refractivity contribution is 0.102. The van der Waals surface area contributed by atoms with E-state index in [0.29, 0.717) is 10.9 Å². The molecule has 1 aromatic heterocycles. The van der Waals surface area contributed by atoms with E-state index in [2.05, 4.69) is 11.5 Å². The smallest absolute Gasteiger partial charge is 0.257 e. The Morgan fingerprint density at radius 3 is 2.44 bits per heavy atom. The second-order valence-corrected chi connectivity index (χ2v) is 6.95. The van der Waals surface area contributed by atoms with Crippen molar-refractivity contribution in [3.63, 3.8) is 0 Å². The molecule has 1 heterocycles. The summed E-state index contributed by atoms with van der Waals surface area (Å²) in [6.07, 6.45) is 6.30. The molecule has 4 rings (SSSR count). The van der Waals surface area contributed by atoms with E-state index in [1.165, 1.54) is 12.8 Å². The van der Waals surface area contributed by atoms with Crippen molar-refractivity contribution in [3.8, 4) is 11.1 Å². The van der Waals surface area contributed by atoms with Crippen LogP contribution in [-0.2, 0) is 7.05 Å². The van der Waals surface area contributed by atoms with Gasteiger partial charge in [0, 0.05) is 41.3 Å². The number of aromatic nitrogens is 1. The van der Waals surface area contributed by atoms with Crippen LogP contribution in [-0.4, -0.2) is 10.5 Å². The molecule has 1 aliphatic rings. The number of aryl methyl sites for hydroxylation is 1. The van der Waals surface area contributed by atoms with Gasteiger partial charge in [-0.3, -0.25) is 4.79 Å². The van der Waals surface area contributed by atoms with Gasteiger partial charge >= 0.3 is 0 Å². The fraction of sp³-hybridized carbons (Fsp3) is 0.190. The van der Waals surface area contributed by atoms with Gasteiger partial charge in [0.25, 0.3) is 5.91 Å². The third kappa shape index (κ3) is 3.20. The molecule has 25 heavy (non-hydrogen) atoms. The van der Waals surface area contributed by atoms with Crippen molar-refractivity contribution >= 4 is 23.2 Å². The second kappa shape index (κ2) is 6.41.